The first-order chi connectivity index (χ1) is 17.6. The zero-order chi connectivity index (χ0) is 27.4. The number of amides is 3. The molecule has 0 aromatic heterocycles. The molecule has 2 aromatic carbocycles. The summed E-state index contributed by atoms with van der Waals surface area (Å²) in [5.74, 6) is -1.21. The number of phenols is 1. The fourth-order valence-corrected chi connectivity index (χ4v) is 3.73. The second-order valence-corrected chi connectivity index (χ2v) is 9.72. The van der Waals surface area contributed by atoms with E-state index in [1.54, 1.807) is 32.9 Å². The van der Waals surface area contributed by atoms with E-state index in [0.717, 1.165) is 29.7 Å². The Balaban J connectivity index is 2.42. The van der Waals surface area contributed by atoms with Crippen LogP contribution in [0.3, 0.4) is 0 Å². The number of nitrogens with zero attached hydrogens (tertiary/aromatic N) is 1. The standard InChI is InChI=1S/C29H37N3O5/c1-6-8-12-18-30-26(34)25(22-16-13-17-23(33)20-22)32(7-2)27(35)24(19-21-14-10-9-11-15-21)31-28(36)37-29(3,4)5/h2,9-11,13-17,20,24-25,33H,6,8,12,18-19H2,1,3-5H3,(H,30,34)(H,31,36). The van der Waals surface area contributed by atoms with Crippen LogP contribution in [0.5, 0.6) is 5.75 Å². The van der Waals surface area contributed by atoms with Gasteiger partial charge in [-0.2, -0.15) is 0 Å². The summed E-state index contributed by atoms with van der Waals surface area (Å²) >= 11 is 0. The molecular formula is C29H37N3O5. The molecule has 0 radical (unpaired) electrons. The highest BCUT2D eigenvalue weighted by atomic mass is 16.6. The van der Waals surface area contributed by atoms with Crippen LogP contribution in [-0.2, 0) is 20.7 Å². The fraction of sp³-hybridized carbons (Fsp3) is 0.414. The lowest BCUT2D eigenvalue weighted by Crippen LogP contribution is -2.52. The van der Waals surface area contributed by atoms with Crippen LogP contribution in [-0.4, -0.2) is 46.1 Å². The molecule has 198 valence electrons. The van der Waals surface area contributed by atoms with E-state index in [1.807, 2.05) is 30.3 Å². The van der Waals surface area contributed by atoms with E-state index in [1.165, 1.54) is 12.1 Å². The molecule has 37 heavy (non-hydrogen) atoms. The van der Waals surface area contributed by atoms with Crippen LogP contribution in [0.25, 0.3) is 0 Å². The molecule has 0 aliphatic carbocycles. The van der Waals surface area contributed by atoms with E-state index >= 15 is 0 Å². The molecule has 0 saturated carbocycles. The van der Waals surface area contributed by atoms with Gasteiger partial charge in [0.2, 0.25) is 5.91 Å². The van der Waals surface area contributed by atoms with Crippen molar-refractivity contribution in [1.29, 1.82) is 0 Å². The minimum Gasteiger partial charge on any atom is -0.508 e. The summed E-state index contributed by atoms with van der Waals surface area (Å²) in [6.45, 7) is 7.62. The molecular weight excluding hydrogens is 470 g/mol. The zero-order valence-electron chi connectivity index (χ0n) is 22.0. The van der Waals surface area contributed by atoms with Crippen LogP contribution >= 0.6 is 0 Å². The highest BCUT2D eigenvalue weighted by Gasteiger charge is 2.36. The molecule has 0 aliphatic heterocycles. The van der Waals surface area contributed by atoms with Gasteiger partial charge in [-0.15, -0.1) is 0 Å². The van der Waals surface area contributed by atoms with Gasteiger partial charge in [-0.25, -0.2) is 4.79 Å². The van der Waals surface area contributed by atoms with Crippen molar-refractivity contribution in [3.05, 3.63) is 65.7 Å². The van der Waals surface area contributed by atoms with Crippen molar-refractivity contribution in [2.45, 2.75) is 71.1 Å². The molecule has 3 amide bonds. The molecule has 0 saturated heterocycles. The average molecular weight is 508 g/mol. The molecule has 8 heteroatoms. The second kappa shape index (κ2) is 13.9. The number of carbonyl (C=O) groups is 3. The number of carbonyl (C=O) groups excluding carboxylic acids is 3. The van der Waals surface area contributed by atoms with E-state index in [2.05, 4.69) is 23.6 Å². The summed E-state index contributed by atoms with van der Waals surface area (Å²) in [6, 6.07) is 15.2. The molecule has 2 rings (SSSR count). The van der Waals surface area contributed by atoms with Gasteiger partial charge < -0.3 is 20.5 Å². The lowest BCUT2D eigenvalue weighted by Gasteiger charge is -2.30. The third-order valence-corrected chi connectivity index (χ3v) is 5.42. The van der Waals surface area contributed by atoms with Crippen molar-refractivity contribution in [1.82, 2.24) is 15.5 Å². The predicted molar refractivity (Wildman–Crippen MR) is 142 cm³/mol. The van der Waals surface area contributed by atoms with Gasteiger partial charge in [0.1, 0.15) is 23.4 Å². The normalized spacial score (nSPS) is 12.5. The molecule has 2 atom stereocenters. The van der Waals surface area contributed by atoms with E-state index in [4.69, 9.17) is 11.2 Å². The summed E-state index contributed by atoms with van der Waals surface area (Å²) in [5, 5.41) is 15.5. The van der Waals surface area contributed by atoms with Crippen LogP contribution in [0.2, 0.25) is 0 Å². The summed E-state index contributed by atoms with van der Waals surface area (Å²) in [7, 11) is 0. The number of ether oxygens (including phenoxy) is 1. The van der Waals surface area contributed by atoms with Crippen molar-refractivity contribution in [3.8, 4) is 18.2 Å². The molecule has 0 fully saturated rings. The lowest BCUT2D eigenvalue weighted by atomic mass is 10.0. The van der Waals surface area contributed by atoms with E-state index in [9.17, 15) is 19.5 Å². The average Bonchev–Trinajstić information content (AvgIpc) is 2.83. The number of aromatic hydroxyl groups is 1. The number of rotatable bonds is 11. The molecule has 3 N–H and O–H groups in total. The van der Waals surface area contributed by atoms with Crippen LogP contribution in [0, 0.1) is 12.5 Å². The summed E-state index contributed by atoms with van der Waals surface area (Å²) in [4.78, 5) is 40.7. The number of hydrogen-bond donors (Lipinski definition) is 3. The Labute approximate surface area is 219 Å². The van der Waals surface area contributed by atoms with Gasteiger partial charge in [0.15, 0.2) is 0 Å². The van der Waals surface area contributed by atoms with Crippen LogP contribution in [0.4, 0.5) is 4.79 Å². The topological polar surface area (TPSA) is 108 Å². The maximum Gasteiger partial charge on any atom is 0.408 e. The van der Waals surface area contributed by atoms with E-state index in [0.29, 0.717) is 12.1 Å². The Morgan fingerprint density at radius 3 is 2.38 bits per heavy atom. The van der Waals surface area contributed by atoms with Crippen molar-refractivity contribution in [2.24, 2.45) is 0 Å². The van der Waals surface area contributed by atoms with E-state index < -0.39 is 35.6 Å². The molecule has 2 aromatic rings. The lowest BCUT2D eigenvalue weighted by molar-refractivity contribution is -0.138. The Bertz CT molecular complexity index is 1090. The number of phenolic OH excluding ortho intramolecular Hbond substituents is 1. The molecule has 2 unspecified atom stereocenters. The van der Waals surface area contributed by atoms with Gasteiger partial charge in [-0.3, -0.25) is 14.5 Å². The third-order valence-electron chi connectivity index (χ3n) is 5.42. The maximum absolute atomic E-state index is 13.8. The Hall–Kier alpha value is -3.99. The SMILES string of the molecule is C#CN(C(=O)C(Cc1ccccc1)NC(=O)OC(C)(C)C)C(C(=O)NCCCCC)c1cccc(O)c1. The van der Waals surface area contributed by atoms with Crippen molar-refractivity contribution < 1.29 is 24.2 Å². The summed E-state index contributed by atoms with van der Waals surface area (Å²) in [5.41, 5.74) is 0.348. The van der Waals surface area contributed by atoms with Gasteiger partial charge in [-0.1, -0.05) is 68.7 Å². The van der Waals surface area contributed by atoms with Gasteiger partial charge in [0.05, 0.1) is 0 Å². The largest absolute Gasteiger partial charge is 0.508 e. The van der Waals surface area contributed by atoms with Gasteiger partial charge in [0.25, 0.3) is 5.91 Å². The van der Waals surface area contributed by atoms with Gasteiger partial charge >= 0.3 is 6.09 Å². The second-order valence-electron chi connectivity index (χ2n) is 9.72. The highest BCUT2D eigenvalue weighted by molar-refractivity contribution is 5.93. The quantitative estimate of drug-likeness (QED) is 0.239. The number of benzene rings is 2. The van der Waals surface area contributed by atoms with Crippen LogP contribution in [0.1, 0.15) is 64.1 Å². The zero-order valence-corrected chi connectivity index (χ0v) is 22.0. The minimum atomic E-state index is -1.22. The number of hydrogen-bond acceptors (Lipinski definition) is 5. The highest BCUT2D eigenvalue weighted by Crippen LogP contribution is 2.25. The fourth-order valence-electron chi connectivity index (χ4n) is 3.73. The van der Waals surface area contributed by atoms with Crippen molar-refractivity contribution >= 4 is 17.9 Å². The molecule has 8 nitrogen and oxygen atoms in total. The first kappa shape index (κ1) is 29.2. The maximum atomic E-state index is 13.8. The summed E-state index contributed by atoms with van der Waals surface area (Å²) in [6.07, 6.45) is 7.84. The molecule has 0 heterocycles. The molecule has 0 bridgehead atoms. The van der Waals surface area contributed by atoms with Crippen molar-refractivity contribution in [2.75, 3.05) is 6.54 Å². The Kier molecular flexibility index (Phi) is 11.0. The smallest absolute Gasteiger partial charge is 0.408 e. The number of terminal acetylenes is 1. The predicted octanol–water partition coefficient (Wildman–Crippen LogP) is 4.30. The molecule has 0 aliphatic rings. The Morgan fingerprint density at radius 2 is 1.78 bits per heavy atom. The van der Waals surface area contributed by atoms with Crippen LogP contribution < -0.4 is 10.6 Å². The van der Waals surface area contributed by atoms with Gasteiger partial charge in [0, 0.05) is 19.0 Å². The third kappa shape index (κ3) is 9.53. The molecule has 0 spiro atoms. The Morgan fingerprint density at radius 1 is 1.08 bits per heavy atom. The minimum absolute atomic E-state index is 0.0709. The number of nitrogens with one attached hydrogen (secondary N) is 2. The monoisotopic (exact) mass is 507 g/mol. The van der Waals surface area contributed by atoms with Crippen LogP contribution in [0.15, 0.2) is 54.6 Å². The number of alkyl carbamates (subject to hydrolysis) is 1. The first-order valence-electron chi connectivity index (χ1n) is 12.4. The van der Waals surface area contributed by atoms with E-state index in [-0.39, 0.29) is 12.2 Å². The number of unbranched alkanes of at least 4 members (excludes halogenated alkanes) is 2. The van der Waals surface area contributed by atoms with Gasteiger partial charge in [-0.05, 0) is 50.5 Å². The van der Waals surface area contributed by atoms with Crippen molar-refractivity contribution in [3.63, 3.8) is 0 Å². The first-order valence-corrected chi connectivity index (χ1v) is 12.4. The summed E-state index contributed by atoms with van der Waals surface area (Å²) < 4.78 is 5.37.